The maximum absolute atomic E-state index is 13.0. The van der Waals surface area contributed by atoms with E-state index in [1.54, 1.807) is 25.4 Å². The smallest absolute Gasteiger partial charge is 0.231 e. The van der Waals surface area contributed by atoms with Crippen molar-refractivity contribution in [3.05, 3.63) is 72.0 Å². The van der Waals surface area contributed by atoms with Gasteiger partial charge in [0.2, 0.25) is 11.7 Å². The van der Waals surface area contributed by atoms with Gasteiger partial charge in [-0.3, -0.25) is 0 Å². The van der Waals surface area contributed by atoms with Crippen LogP contribution in [0.25, 0.3) is 17.2 Å². The Kier molecular flexibility index (Phi) is 4.14. The topological polar surface area (TPSA) is 78.9 Å². The molecule has 0 spiro atoms. The van der Waals surface area contributed by atoms with Gasteiger partial charge in [0.1, 0.15) is 11.6 Å². The highest BCUT2D eigenvalue weighted by atomic mass is 19.1. The number of halogens is 1. The van der Waals surface area contributed by atoms with Gasteiger partial charge in [-0.1, -0.05) is 28.6 Å². The van der Waals surface area contributed by atoms with E-state index in [9.17, 15) is 4.39 Å². The Balaban J connectivity index is 1.56. The predicted octanol–water partition coefficient (Wildman–Crippen LogP) is 3.06. The Labute approximate surface area is 148 Å². The van der Waals surface area contributed by atoms with Gasteiger partial charge in [-0.2, -0.15) is 4.98 Å². The third-order valence-electron chi connectivity index (χ3n) is 3.82. The van der Waals surface area contributed by atoms with Gasteiger partial charge in [0.15, 0.2) is 5.69 Å². The summed E-state index contributed by atoms with van der Waals surface area (Å²) in [5.41, 5.74) is 2.09. The number of benzene rings is 2. The Morgan fingerprint density at radius 1 is 1.12 bits per heavy atom. The molecule has 26 heavy (non-hydrogen) atoms. The van der Waals surface area contributed by atoms with Crippen molar-refractivity contribution in [1.82, 2.24) is 25.1 Å². The van der Waals surface area contributed by atoms with Crippen LogP contribution in [0.5, 0.6) is 5.75 Å². The Morgan fingerprint density at radius 3 is 2.73 bits per heavy atom. The van der Waals surface area contributed by atoms with Crippen molar-refractivity contribution < 1.29 is 13.7 Å². The molecule has 2 heterocycles. The Bertz CT molecular complexity index is 1030. The summed E-state index contributed by atoms with van der Waals surface area (Å²) < 4.78 is 25.2. The molecule has 0 bridgehead atoms. The van der Waals surface area contributed by atoms with Gasteiger partial charge in [-0.15, -0.1) is 5.10 Å². The third kappa shape index (κ3) is 3.16. The van der Waals surface area contributed by atoms with Gasteiger partial charge < -0.3 is 9.26 Å². The monoisotopic (exact) mass is 351 g/mol. The van der Waals surface area contributed by atoms with Gasteiger partial charge in [-0.05, 0) is 30.3 Å². The lowest BCUT2D eigenvalue weighted by Crippen LogP contribution is -1.94. The van der Waals surface area contributed by atoms with Crippen LogP contribution in [-0.4, -0.2) is 32.2 Å². The highest BCUT2D eigenvalue weighted by Crippen LogP contribution is 2.22. The van der Waals surface area contributed by atoms with E-state index in [0.717, 1.165) is 11.3 Å². The molecule has 130 valence electrons. The minimum Gasteiger partial charge on any atom is -0.496 e. The van der Waals surface area contributed by atoms with Crippen molar-refractivity contribution in [3.63, 3.8) is 0 Å². The van der Waals surface area contributed by atoms with Crippen LogP contribution in [0, 0.1) is 5.82 Å². The van der Waals surface area contributed by atoms with Crippen molar-refractivity contribution in [2.24, 2.45) is 0 Å². The molecule has 4 rings (SSSR count). The molecule has 0 fully saturated rings. The molecule has 2 aromatic heterocycles. The maximum Gasteiger partial charge on any atom is 0.231 e. The van der Waals surface area contributed by atoms with Crippen LogP contribution in [0.1, 0.15) is 11.5 Å². The molecule has 0 atom stereocenters. The summed E-state index contributed by atoms with van der Waals surface area (Å²) in [6, 6.07) is 13.6. The average Bonchev–Trinajstić information content (AvgIpc) is 3.32. The van der Waals surface area contributed by atoms with Crippen molar-refractivity contribution >= 4 is 0 Å². The standard InChI is InChI=1S/C18H14FN5O2/c1-25-16-5-3-2-4-12(16)10-17-20-18(22-26-17)15-11-24(23-21-15)14-8-6-13(19)7-9-14/h2-9,11H,10H2,1H3. The fourth-order valence-electron chi connectivity index (χ4n) is 2.53. The second-order valence-corrected chi connectivity index (χ2v) is 5.53. The van der Waals surface area contributed by atoms with E-state index in [2.05, 4.69) is 20.5 Å². The first-order chi connectivity index (χ1) is 12.7. The number of rotatable bonds is 5. The number of aromatic nitrogens is 5. The second-order valence-electron chi connectivity index (χ2n) is 5.53. The van der Waals surface area contributed by atoms with Crippen molar-refractivity contribution in [2.75, 3.05) is 7.11 Å². The molecule has 0 saturated carbocycles. The van der Waals surface area contributed by atoms with Crippen LogP contribution in [0.15, 0.2) is 59.3 Å². The van der Waals surface area contributed by atoms with E-state index < -0.39 is 0 Å². The van der Waals surface area contributed by atoms with Gasteiger partial charge >= 0.3 is 0 Å². The second kappa shape index (κ2) is 6.75. The summed E-state index contributed by atoms with van der Waals surface area (Å²) in [7, 11) is 1.62. The van der Waals surface area contributed by atoms with Gasteiger partial charge in [0.25, 0.3) is 0 Å². The van der Waals surface area contributed by atoms with Crippen LogP contribution < -0.4 is 4.74 Å². The minimum absolute atomic E-state index is 0.312. The highest BCUT2D eigenvalue weighted by Gasteiger charge is 2.14. The number of hydrogen-bond donors (Lipinski definition) is 0. The number of ether oxygens (including phenoxy) is 1. The van der Waals surface area contributed by atoms with Gasteiger partial charge in [0.05, 0.1) is 25.4 Å². The van der Waals surface area contributed by atoms with Crippen LogP contribution >= 0.6 is 0 Å². The number of methoxy groups -OCH3 is 1. The lowest BCUT2D eigenvalue weighted by atomic mass is 10.1. The SMILES string of the molecule is COc1ccccc1Cc1nc(-c2cn(-c3ccc(F)cc3)nn2)no1. The molecule has 2 aromatic carbocycles. The van der Waals surface area contributed by atoms with E-state index in [4.69, 9.17) is 9.26 Å². The molecule has 4 aromatic rings. The molecule has 0 aliphatic rings. The zero-order valence-corrected chi connectivity index (χ0v) is 13.8. The summed E-state index contributed by atoms with van der Waals surface area (Å²) >= 11 is 0. The lowest BCUT2D eigenvalue weighted by Gasteiger charge is -2.04. The fourth-order valence-corrected chi connectivity index (χ4v) is 2.53. The molecule has 0 amide bonds. The van der Waals surface area contributed by atoms with Crippen molar-refractivity contribution in [2.45, 2.75) is 6.42 Å². The summed E-state index contributed by atoms with van der Waals surface area (Å²) in [5.74, 6) is 1.23. The van der Waals surface area contributed by atoms with Crippen molar-refractivity contribution in [1.29, 1.82) is 0 Å². The Morgan fingerprint density at radius 2 is 1.92 bits per heavy atom. The van der Waals surface area contributed by atoms with Crippen molar-refractivity contribution in [3.8, 4) is 23.0 Å². The third-order valence-corrected chi connectivity index (χ3v) is 3.82. The molecule has 0 saturated heterocycles. The van der Waals surface area contributed by atoms with E-state index in [0.29, 0.717) is 29.5 Å². The zero-order chi connectivity index (χ0) is 17.9. The average molecular weight is 351 g/mol. The molecular formula is C18H14FN5O2. The summed E-state index contributed by atoms with van der Waals surface area (Å²) in [6.07, 6.45) is 2.11. The van der Waals surface area contributed by atoms with E-state index in [1.807, 2.05) is 24.3 Å². The van der Waals surface area contributed by atoms with Crippen LogP contribution in [0.3, 0.4) is 0 Å². The predicted molar refractivity (Wildman–Crippen MR) is 90.4 cm³/mol. The number of hydrogen-bond acceptors (Lipinski definition) is 6. The first-order valence-corrected chi connectivity index (χ1v) is 7.86. The first kappa shape index (κ1) is 15.9. The van der Waals surface area contributed by atoms with E-state index in [-0.39, 0.29) is 5.82 Å². The normalized spacial score (nSPS) is 10.8. The summed E-state index contributed by atoms with van der Waals surface area (Å²) in [4.78, 5) is 4.36. The molecule has 0 radical (unpaired) electrons. The van der Waals surface area contributed by atoms with E-state index >= 15 is 0 Å². The number of para-hydroxylation sites is 1. The molecule has 0 unspecified atom stereocenters. The number of nitrogens with zero attached hydrogens (tertiary/aromatic N) is 5. The quantitative estimate of drug-likeness (QED) is 0.550. The zero-order valence-electron chi connectivity index (χ0n) is 13.8. The van der Waals surface area contributed by atoms with Gasteiger partial charge in [-0.25, -0.2) is 9.07 Å². The molecule has 0 aliphatic carbocycles. The molecule has 7 nitrogen and oxygen atoms in total. The molecular weight excluding hydrogens is 337 g/mol. The van der Waals surface area contributed by atoms with Crippen LogP contribution in [0.4, 0.5) is 4.39 Å². The largest absolute Gasteiger partial charge is 0.496 e. The lowest BCUT2D eigenvalue weighted by molar-refractivity contribution is 0.379. The summed E-state index contributed by atoms with van der Waals surface area (Å²) in [5, 5.41) is 12.0. The Hall–Kier alpha value is -3.55. The highest BCUT2D eigenvalue weighted by molar-refractivity contribution is 5.47. The summed E-state index contributed by atoms with van der Waals surface area (Å²) in [6.45, 7) is 0. The molecule has 8 heteroatoms. The van der Waals surface area contributed by atoms with Gasteiger partial charge in [0, 0.05) is 5.56 Å². The van der Waals surface area contributed by atoms with Crippen LogP contribution in [0.2, 0.25) is 0 Å². The minimum atomic E-state index is -0.312. The fraction of sp³-hybridized carbons (Fsp3) is 0.111. The van der Waals surface area contributed by atoms with Crippen LogP contribution in [-0.2, 0) is 6.42 Å². The molecule has 0 aliphatic heterocycles. The molecule has 0 N–H and O–H groups in total. The van der Waals surface area contributed by atoms with E-state index in [1.165, 1.54) is 16.8 Å². The maximum atomic E-state index is 13.0. The first-order valence-electron chi connectivity index (χ1n) is 7.86.